The molecule has 214 valence electrons. The second-order valence-corrected chi connectivity index (χ2v) is 7.64. The molecule has 0 heterocycles. The van der Waals surface area contributed by atoms with Crippen LogP contribution in [0.5, 0.6) is 5.75 Å². The Kier molecular flexibility index (Phi) is 7.23. The highest BCUT2D eigenvalue weighted by atomic mass is 19.4. The highest BCUT2D eigenvalue weighted by molar-refractivity contribution is 5.64. The second kappa shape index (κ2) is 8.79. The lowest BCUT2D eigenvalue weighted by molar-refractivity contribution is -0.462. The van der Waals surface area contributed by atoms with Crippen molar-refractivity contribution in [1.82, 2.24) is 0 Å². The number of benzene rings is 2. The number of halogens is 17. The maximum Gasteiger partial charge on any atom is 0.460 e. The molecule has 2 aromatic rings. The van der Waals surface area contributed by atoms with Crippen LogP contribution >= 0.6 is 0 Å². The van der Waals surface area contributed by atoms with E-state index in [1.807, 2.05) is 0 Å². The Labute approximate surface area is 199 Å². The van der Waals surface area contributed by atoms with E-state index in [9.17, 15) is 74.6 Å². The van der Waals surface area contributed by atoms with Gasteiger partial charge in [0.05, 0.1) is 0 Å². The predicted octanol–water partition coefficient (Wildman–Crippen LogP) is 8.53. The van der Waals surface area contributed by atoms with Gasteiger partial charge in [0.2, 0.25) is 0 Å². The fraction of sp³-hybridized carbons (Fsp3) is 0.400. The van der Waals surface area contributed by atoms with Crippen LogP contribution in [0.1, 0.15) is 5.56 Å². The number of hydrogen-bond donors (Lipinski definition) is 1. The Hall–Kier alpha value is -2.95. The first-order valence-corrected chi connectivity index (χ1v) is 9.33. The zero-order valence-electron chi connectivity index (χ0n) is 17.5. The van der Waals surface area contributed by atoms with Gasteiger partial charge in [0.1, 0.15) is 5.75 Å². The van der Waals surface area contributed by atoms with Crippen molar-refractivity contribution >= 4 is 0 Å². The minimum absolute atomic E-state index is 0.0776. The van der Waals surface area contributed by atoms with E-state index in [0.29, 0.717) is 12.1 Å². The molecular weight excluding hydrogens is 579 g/mol. The zero-order valence-corrected chi connectivity index (χ0v) is 17.5. The van der Waals surface area contributed by atoms with Crippen LogP contribution in [0.4, 0.5) is 74.6 Å². The molecule has 0 fully saturated rings. The van der Waals surface area contributed by atoms with Crippen LogP contribution in [0.15, 0.2) is 48.5 Å². The Morgan fingerprint density at radius 1 is 0.368 bits per heavy atom. The summed E-state index contributed by atoms with van der Waals surface area (Å²) in [6, 6.07) is 5.14. The monoisotopic (exact) mass is 588 g/mol. The second-order valence-electron chi connectivity index (χ2n) is 7.64. The van der Waals surface area contributed by atoms with Gasteiger partial charge in [-0.05, 0) is 23.3 Å². The molecule has 0 aliphatic carbocycles. The van der Waals surface area contributed by atoms with Gasteiger partial charge in [0, 0.05) is 5.56 Å². The van der Waals surface area contributed by atoms with Crippen LogP contribution in [-0.2, 0) is 5.92 Å². The molecule has 0 aromatic heterocycles. The molecule has 1 N–H and O–H groups in total. The van der Waals surface area contributed by atoms with Crippen LogP contribution in [0.2, 0.25) is 0 Å². The van der Waals surface area contributed by atoms with E-state index in [-0.39, 0.29) is 29.0 Å². The van der Waals surface area contributed by atoms with Crippen LogP contribution in [-0.4, -0.2) is 46.8 Å². The summed E-state index contributed by atoms with van der Waals surface area (Å²) in [6.45, 7) is 0. The van der Waals surface area contributed by atoms with Crippen molar-refractivity contribution in [2.75, 3.05) is 0 Å². The molecule has 18 heteroatoms. The first-order chi connectivity index (χ1) is 16.7. The Balaban J connectivity index is 2.57. The largest absolute Gasteiger partial charge is 0.508 e. The number of phenols is 1. The summed E-state index contributed by atoms with van der Waals surface area (Å²) in [6.07, 6.45) is -7.79. The van der Waals surface area contributed by atoms with Gasteiger partial charge < -0.3 is 5.11 Å². The van der Waals surface area contributed by atoms with Gasteiger partial charge in [-0.2, -0.15) is 74.6 Å². The lowest BCUT2D eigenvalue weighted by atomic mass is 9.87. The molecule has 2 rings (SSSR count). The van der Waals surface area contributed by atoms with Gasteiger partial charge in [-0.3, -0.25) is 0 Å². The molecule has 0 aliphatic rings. The highest BCUT2D eigenvalue weighted by Crippen LogP contribution is 2.65. The molecule has 2 aromatic carbocycles. The van der Waals surface area contributed by atoms with E-state index in [1.165, 1.54) is 0 Å². The van der Waals surface area contributed by atoms with Crippen molar-refractivity contribution in [2.45, 2.75) is 47.6 Å². The summed E-state index contributed by atoms with van der Waals surface area (Å²) in [5.41, 5.74) is -2.37. The highest BCUT2D eigenvalue weighted by Gasteiger charge is 2.95. The number of alkyl halides is 17. The van der Waals surface area contributed by atoms with Crippen molar-refractivity contribution in [3.63, 3.8) is 0 Å². The number of phenolic OH excluding ortho intramolecular Hbond substituents is 1. The topological polar surface area (TPSA) is 20.2 Å². The van der Waals surface area contributed by atoms with Crippen molar-refractivity contribution < 1.29 is 79.7 Å². The van der Waals surface area contributed by atoms with Crippen LogP contribution < -0.4 is 0 Å². The average Bonchev–Trinajstić information content (AvgIpc) is 2.78. The van der Waals surface area contributed by atoms with Crippen molar-refractivity contribution in [3.8, 4) is 16.9 Å². The number of hydrogen-bond acceptors (Lipinski definition) is 1. The normalized spacial score (nSPS) is 15.1. The van der Waals surface area contributed by atoms with Gasteiger partial charge >= 0.3 is 47.6 Å². The first-order valence-electron chi connectivity index (χ1n) is 9.33. The van der Waals surface area contributed by atoms with Crippen molar-refractivity contribution in [1.29, 1.82) is 0 Å². The van der Waals surface area contributed by atoms with E-state index in [4.69, 9.17) is 5.11 Å². The molecule has 0 aliphatic heterocycles. The SMILES string of the molecule is Oc1ccc(-c2ccc(C(F)(F)C(F)(F)C(F)(F)C(F)(F)C(F)(F)C(F)(F)C(F)(F)C(F)(F)F)cc2)cc1. The third kappa shape index (κ3) is 4.19. The Morgan fingerprint density at radius 2 is 0.658 bits per heavy atom. The summed E-state index contributed by atoms with van der Waals surface area (Å²) in [5, 5.41) is 9.17. The van der Waals surface area contributed by atoms with Crippen LogP contribution in [0.3, 0.4) is 0 Å². The van der Waals surface area contributed by atoms with Crippen molar-refractivity contribution in [3.05, 3.63) is 54.1 Å². The maximum absolute atomic E-state index is 14.3. The summed E-state index contributed by atoms with van der Waals surface area (Å²) < 4.78 is 228. The molecule has 1 nitrogen and oxygen atoms in total. The van der Waals surface area contributed by atoms with Gasteiger partial charge in [-0.1, -0.05) is 36.4 Å². The fourth-order valence-electron chi connectivity index (χ4n) is 2.87. The first kappa shape index (κ1) is 31.3. The summed E-state index contributed by atoms with van der Waals surface area (Å²) in [7, 11) is 0. The zero-order chi connectivity index (χ0) is 30.0. The Morgan fingerprint density at radius 3 is 1.00 bits per heavy atom. The molecule has 0 bridgehead atoms. The standard InChI is InChI=1S/C20H9F17O/c21-13(22,11-5-1-9(2-6-11)10-3-7-12(38)8-4-10)14(23,24)15(25,26)16(27,28)17(29,30)18(31,32)19(33,34)20(35,36)37/h1-8,38H. The number of aromatic hydroxyl groups is 1. The molecule has 0 radical (unpaired) electrons. The van der Waals surface area contributed by atoms with E-state index < -0.39 is 53.2 Å². The third-order valence-corrected chi connectivity index (χ3v) is 5.17. The quantitative estimate of drug-likeness (QED) is 0.307. The molecule has 0 amide bonds. The summed E-state index contributed by atoms with van der Waals surface area (Å²) in [5.74, 6) is -57.1. The van der Waals surface area contributed by atoms with E-state index in [1.54, 1.807) is 0 Å². The molecule has 0 unspecified atom stereocenters. The van der Waals surface area contributed by atoms with E-state index in [0.717, 1.165) is 24.3 Å². The van der Waals surface area contributed by atoms with Crippen LogP contribution in [0, 0.1) is 0 Å². The fourth-order valence-corrected chi connectivity index (χ4v) is 2.87. The summed E-state index contributed by atoms with van der Waals surface area (Å²) >= 11 is 0. The molecular formula is C20H9F17O. The lowest BCUT2D eigenvalue weighted by Crippen LogP contribution is -2.74. The molecule has 0 atom stereocenters. The molecule has 0 saturated heterocycles. The van der Waals surface area contributed by atoms with Gasteiger partial charge in [-0.15, -0.1) is 0 Å². The molecule has 0 saturated carbocycles. The van der Waals surface area contributed by atoms with Crippen LogP contribution in [0.25, 0.3) is 11.1 Å². The maximum atomic E-state index is 14.3. The van der Waals surface area contributed by atoms with Crippen molar-refractivity contribution in [2.24, 2.45) is 0 Å². The number of rotatable bonds is 8. The average molecular weight is 588 g/mol. The minimum Gasteiger partial charge on any atom is -0.508 e. The molecule has 0 spiro atoms. The lowest BCUT2D eigenvalue weighted by Gasteiger charge is -2.42. The van der Waals surface area contributed by atoms with E-state index in [2.05, 4.69) is 0 Å². The van der Waals surface area contributed by atoms with Gasteiger partial charge in [-0.25, -0.2) is 0 Å². The minimum atomic E-state index is -8.66. The predicted molar refractivity (Wildman–Crippen MR) is 93.2 cm³/mol. The van der Waals surface area contributed by atoms with Gasteiger partial charge in [0.15, 0.2) is 0 Å². The smallest absolute Gasteiger partial charge is 0.460 e. The Bertz CT molecular complexity index is 1130. The van der Waals surface area contributed by atoms with E-state index >= 15 is 0 Å². The summed E-state index contributed by atoms with van der Waals surface area (Å²) in [4.78, 5) is 0. The third-order valence-electron chi connectivity index (χ3n) is 5.17. The molecule has 38 heavy (non-hydrogen) atoms. The van der Waals surface area contributed by atoms with Gasteiger partial charge in [0.25, 0.3) is 0 Å².